The zero-order chi connectivity index (χ0) is 17.3. The van der Waals surface area contributed by atoms with Crippen LogP contribution in [-0.4, -0.2) is 25.6 Å². The van der Waals surface area contributed by atoms with Crippen LogP contribution in [0.2, 0.25) is 0 Å². The molecule has 0 saturated carbocycles. The van der Waals surface area contributed by atoms with Crippen LogP contribution in [0.3, 0.4) is 0 Å². The predicted octanol–water partition coefficient (Wildman–Crippen LogP) is 3.67. The average Bonchev–Trinajstić information content (AvgIpc) is 3.19. The van der Waals surface area contributed by atoms with Crippen molar-refractivity contribution >= 4 is 44.1 Å². The SMILES string of the molecule is CS(=O)(=O)c1ccc(F)c(NC(=O)c2csc(-c3cccs3)n2)c1. The van der Waals surface area contributed by atoms with Gasteiger partial charge in [0.1, 0.15) is 16.5 Å². The number of thiazole rings is 1. The minimum absolute atomic E-state index is 0.0725. The number of anilines is 1. The largest absolute Gasteiger partial charge is 0.318 e. The Morgan fingerprint density at radius 2 is 2.04 bits per heavy atom. The van der Waals surface area contributed by atoms with Crippen molar-refractivity contribution in [3.8, 4) is 9.88 Å². The summed E-state index contributed by atoms with van der Waals surface area (Å²) >= 11 is 2.81. The van der Waals surface area contributed by atoms with Crippen LogP contribution in [0.1, 0.15) is 10.5 Å². The fourth-order valence-electron chi connectivity index (χ4n) is 1.91. The molecule has 0 aliphatic carbocycles. The van der Waals surface area contributed by atoms with E-state index in [9.17, 15) is 17.6 Å². The quantitative estimate of drug-likeness (QED) is 0.699. The number of nitrogens with zero attached hydrogens (tertiary/aromatic N) is 1. The highest BCUT2D eigenvalue weighted by molar-refractivity contribution is 7.90. The van der Waals surface area contributed by atoms with Crippen LogP contribution in [0.15, 0.2) is 46.0 Å². The van der Waals surface area contributed by atoms with Crippen LogP contribution in [-0.2, 0) is 9.84 Å². The van der Waals surface area contributed by atoms with E-state index in [1.54, 1.807) is 5.38 Å². The Labute approximate surface area is 145 Å². The molecule has 1 aromatic carbocycles. The average molecular weight is 382 g/mol. The molecule has 2 heterocycles. The van der Waals surface area contributed by atoms with Crippen molar-refractivity contribution in [2.24, 2.45) is 0 Å². The summed E-state index contributed by atoms with van der Waals surface area (Å²) in [4.78, 5) is 17.3. The number of rotatable bonds is 4. The van der Waals surface area contributed by atoms with E-state index in [0.29, 0.717) is 5.01 Å². The minimum Gasteiger partial charge on any atom is -0.318 e. The van der Waals surface area contributed by atoms with Gasteiger partial charge in [-0.05, 0) is 29.6 Å². The van der Waals surface area contributed by atoms with Gasteiger partial charge in [-0.15, -0.1) is 22.7 Å². The number of aromatic nitrogens is 1. The van der Waals surface area contributed by atoms with Crippen molar-refractivity contribution in [2.45, 2.75) is 4.90 Å². The number of sulfone groups is 1. The molecule has 9 heteroatoms. The highest BCUT2D eigenvalue weighted by atomic mass is 32.2. The lowest BCUT2D eigenvalue weighted by molar-refractivity contribution is 0.102. The standard InChI is InChI=1S/C15H11FN2O3S3/c1-24(20,21)9-4-5-10(16)11(7-9)17-14(19)12-8-23-15(18-12)13-3-2-6-22-13/h2-8H,1H3,(H,17,19). The second kappa shape index (κ2) is 6.42. The van der Waals surface area contributed by atoms with E-state index in [0.717, 1.165) is 29.3 Å². The molecule has 0 aliphatic rings. The van der Waals surface area contributed by atoms with Crippen LogP contribution < -0.4 is 5.32 Å². The Kier molecular flexibility index (Phi) is 4.48. The maximum Gasteiger partial charge on any atom is 0.275 e. The molecule has 0 radical (unpaired) electrons. The molecular weight excluding hydrogens is 371 g/mol. The van der Waals surface area contributed by atoms with E-state index in [2.05, 4.69) is 10.3 Å². The normalized spacial score (nSPS) is 11.4. The van der Waals surface area contributed by atoms with Gasteiger partial charge in [0.05, 0.1) is 15.5 Å². The zero-order valence-electron chi connectivity index (χ0n) is 12.3. The number of hydrogen-bond donors (Lipinski definition) is 1. The summed E-state index contributed by atoms with van der Waals surface area (Å²) in [5, 5.41) is 6.54. The maximum absolute atomic E-state index is 13.8. The summed E-state index contributed by atoms with van der Waals surface area (Å²) in [6, 6.07) is 7.02. The van der Waals surface area contributed by atoms with E-state index in [-0.39, 0.29) is 16.3 Å². The first-order valence-electron chi connectivity index (χ1n) is 6.65. The van der Waals surface area contributed by atoms with Gasteiger partial charge in [0.15, 0.2) is 9.84 Å². The Morgan fingerprint density at radius 3 is 2.71 bits per heavy atom. The summed E-state index contributed by atoms with van der Waals surface area (Å²) in [5.74, 6) is -1.32. The molecular formula is C15H11FN2O3S3. The van der Waals surface area contributed by atoms with Crippen molar-refractivity contribution < 1.29 is 17.6 Å². The lowest BCUT2D eigenvalue weighted by Crippen LogP contribution is -2.14. The monoisotopic (exact) mass is 382 g/mol. The molecule has 0 aliphatic heterocycles. The molecule has 3 aromatic rings. The number of thiophene rings is 1. The topological polar surface area (TPSA) is 76.1 Å². The van der Waals surface area contributed by atoms with E-state index < -0.39 is 21.6 Å². The molecule has 5 nitrogen and oxygen atoms in total. The Morgan fingerprint density at radius 1 is 1.25 bits per heavy atom. The van der Waals surface area contributed by atoms with Gasteiger partial charge in [0, 0.05) is 11.6 Å². The predicted molar refractivity (Wildman–Crippen MR) is 92.9 cm³/mol. The fraction of sp³-hybridized carbons (Fsp3) is 0.0667. The van der Waals surface area contributed by atoms with E-state index in [1.807, 2.05) is 17.5 Å². The van der Waals surface area contributed by atoms with E-state index in [1.165, 1.54) is 22.7 Å². The second-order valence-corrected chi connectivity index (χ2v) is 8.70. The second-order valence-electron chi connectivity index (χ2n) is 4.88. The Bertz CT molecular complexity index is 995. The molecule has 1 N–H and O–H groups in total. The first-order chi connectivity index (χ1) is 11.3. The number of amides is 1. The van der Waals surface area contributed by atoms with Crippen LogP contribution >= 0.6 is 22.7 Å². The minimum atomic E-state index is -3.50. The smallest absolute Gasteiger partial charge is 0.275 e. The van der Waals surface area contributed by atoms with Gasteiger partial charge in [-0.3, -0.25) is 4.79 Å². The van der Waals surface area contributed by atoms with E-state index in [4.69, 9.17) is 0 Å². The van der Waals surface area contributed by atoms with E-state index >= 15 is 0 Å². The van der Waals surface area contributed by atoms with Crippen LogP contribution in [0.4, 0.5) is 10.1 Å². The highest BCUT2D eigenvalue weighted by Gasteiger charge is 2.16. The molecule has 1 amide bonds. The fourth-order valence-corrected chi connectivity index (χ4v) is 4.17. The van der Waals surface area contributed by atoms with Gasteiger partial charge in [-0.25, -0.2) is 17.8 Å². The molecule has 3 rings (SSSR count). The van der Waals surface area contributed by atoms with Crippen molar-refractivity contribution in [1.82, 2.24) is 4.98 Å². The number of hydrogen-bond acceptors (Lipinski definition) is 6. The Balaban J connectivity index is 1.85. The van der Waals surface area contributed by atoms with Crippen molar-refractivity contribution in [3.05, 3.63) is 52.6 Å². The summed E-state index contributed by atoms with van der Waals surface area (Å²) in [5.41, 5.74) is -0.0545. The molecule has 0 atom stereocenters. The van der Waals surface area contributed by atoms with Crippen LogP contribution in [0, 0.1) is 5.82 Å². The van der Waals surface area contributed by atoms with Gasteiger partial charge < -0.3 is 5.32 Å². The number of halogens is 1. The molecule has 0 saturated heterocycles. The summed E-state index contributed by atoms with van der Waals surface area (Å²) in [7, 11) is -3.50. The third-order valence-electron chi connectivity index (χ3n) is 3.08. The summed E-state index contributed by atoms with van der Waals surface area (Å²) in [6.45, 7) is 0. The third-order valence-corrected chi connectivity index (χ3v) is 6.07. The lowest BCUT2D eigenvalue weighted by Gasteiger charge is -2.07. The number of carbonyl (C=O) groups is 1. The third kappa shape index (κ3) is 3.53. The molecule has 0 bridgehead atoms. The van der Waals surface area contributed by atoms with Gasteiger partial charge in [-0.2, -0.15) is 0 Å². The lowest BCUT2D eigenvalue weighted by atomic mass is 10.3. The first-order valence-corrected chi connectivity index (χ1v) is 10.3. The van der Waals surface area contributed by atoms with Crippen molar-refractivity contribution in [3.63, 3.8) is 0 Å². The first kappa shape index (κ1) is 16.7. The number of carbonyl (C=O) groups excluding carboxylic acids is 1. The van der Waals surface area contributed by atoms with Gasteiger partial charge in [-0.1, -0.05) is 6.07 Å². The van der Waals surface area contributed by atoms with Gasteiger partial charge >= 0.3 is 0 Å². The van der Waals surface area contributed by atoms with Crippen LogP contribution in [0.25, 0.3) is 9.88 Å². The molecule has 124 valence electrons. The molecule has 0 spiro atoms. The zero-order valence-corrected chi connectivity index (χ0v) is 14.8. The van der Waals surface area contributed by atoms with Crippen molar-refractivity contribution in [1.29, 1.82) is 0 Å². The van der Waals surface area contributed by atoms with Gasteiger partial charge in [0.2, 0.25) is 0 Å². The molecule has 0 fully saturated rings. The van der Waals surface area contributed by atoms with Gasteiger partial charge in [0.25, 0.3) is 5.91 Å². The van der Waals surface area contributed by atoms with Crippen LogP contribution in [0.5, 0.6) is 0 Å². The summed E-state index contributed by atoms with van der Waals surface area (Å²) < 4.78 is 36.9. The van der Waals surface area contributed by atoms with Crippen molar-refractivity contribution in [2.75, 3.05) is 11.6 Å². The summed E-state index contributed by atoms with van der Waals surface area (Å²) in [6.07, 6.45) is 1.01. The highest BCUT2D eigenvalue weighted by Crippen LogP contribution is 2.28. The molecule has 0 unspecified atom stereocenters. The molecule has 24 heavy (non-hydrogen) atoms. The maximum atomic E-state index is 13.8. The number of benzene rings is 1. The number of nitrogens with one attached hydrogen (secondary N) is 1. The molecule has 2 aromatic heterocycles. The Hall–Kier alpha value is -2.10.